The van der Waals surface area contributed by atoms with E-state index in [1.165, 1.54) is 18.2 Å². The summed E-state index contributed by atoms with van der Waals surface area (Å²) in [6, 6.07) is 9.62. The van der Waals surface area contributed by atoms with Crippen LogP contribution in [0.4, 0.5) is 5.69 Å². The topological polar surface area (TPSA) is 70.0 Å². The van der Waals surface area contributed by atoms with Crippen LogP contribution >= 0.6 is 0 Å². The van der Waals surface area contributed by atoms with Gasteiger partial charge < -0.3 is 19.8 Å². The van der Waals surface area contributed by atoms with Gasteiger partial charge in [0, 0.05) is 18.3 Å². The lowest BCUT2D eigenvalue weighted by Gasteiger charge is -2.30. The van der Waals surface area contributed by atoms with Crippen molar-refractivity contribution in [1.82, 2.24) is 0 Å². The minimum atomic E-state index is -0.274. The minimum Gasteiger partial charge on any atom is -0.508 e. The van der Waals surface area contributed by atoms with E-state index >= 15 is 0 Å². The third-order valence-electron chi connectivity index (χ3n) is 3.86. The number of hydrogen-bond acceptors (Lipinski definition) is 4. The van der Waals surface area contributed by atoms with E-state index in [9.17, 15) is 15.0 Å². The minimum absolute atomic E-state index is 0.0715. The van der Waals surface area contributed by atoms with Gasteiger partial charge in [-0.15, -0.1) is 0 Å². The Morgan fingerprint density at radius 2 is 2.00 bits per heavy atom. The molecule has 0 atom stereocenters. The monoisotopic (exact) mass is 299 g/mol. The number of phenolic OH excluding ortho intramolecular Hbond substituents is 2. The Labute approximate surface area is 128 Å². The van der Waals surface area contributed by atoms with Crippen molar-refractivity contribution in [1.29, 1.82) is 0 Å². The fraction of sp³-hybridized carbons (Fsp3) is 0.235. The van der Waals surface area contributed by atoms with Crippen molar-refractivity contribution in [3.8, 4) is 17.2 Å². The molecule has 3 rings (SSSR count). The quantitative estimate of drug-likeness (QED) is 0.894. The van der Waals surface area contributed by atoms with E-state index in [1.807, 2.05) is 18.2 Å². The van der Waals surface area contributed by atoms with E-state index in [4.69, 9.17) is 4.74 Å². The van der Waals surface area contributed by atoms with Crippen LogP contribution in [0.25, 0.3) is 0 Å². The normalized spacial score (nSPS) is 13.6. The third kappa shape index (κ3) is 2.45. The molecule has 0 bridgehead atoms. The van der Waals surface area contributed by atoms with E-state index in [-0.39, 0.29) is 23.0 Å². The number of ether oxygens (including phenoxy) is 1. The van der Waals surface area contributed by atoms with Gasteiger partial charge in [0.1, 0.15) is 17.2 Å². The van der Waals surface area contributed by atoms with E-state index in [1.54, 1.807) is 12.0 Å². The summed E-state index contributed by atoms with van der Waals surface area (Å²) in [7, 11) is 1.61. The molecule has 0 fully saturated rings. The number of anilines is 1. The second-order valence-corrected chi connectivity index (χ2v) is 5.26. The van der Waals surface area contributed by atoms with Crippen molar-refractivity contribution in [2.75, 3.05) is 18.6 Å². The molecule has 0 aromatic heterocycles. The van der Waals surface area contributed by atoms with E-state index in [0.717, 1.165) is 29.8 Å². The molecule has 1 aliphatic rings. The number of nitrogens with zero attached hydrogens (tertiary/aromatic N) is 1. The number of carbonyl (C=O) groups excluding carboxylic acids is 1. The number of phenols is 2. The number of benzene rings is 2. The number of rotatable bonds is 2. The highest BCUT2D eigenvalue weighted by Crippen LogP contribution is 2.33. The molecule has 1 amide bonds. The Balaban J connectivity index is 1.98. The molecule has 0 spiro atoms. The summed E-state index contributed by atoms with van der Waals surface area (Å²) in [4.78, 5) is 14.4. The van der Waals surface area contributed by atoms with E-state index in [2.05, 4.69) is 0 Å². The van der Waals surface area contributed by atoms with Gasteiger partial charge >= 0.3 is 0 Å². The van der Waals surface area contributed by atoms with Crippen LogP contribution in [0.2, 0.25) is 0 Å². The summed E-state index contributed by atoms with van der Waals surface area (Å²) in [5.41, 5.74) is 2.07. The van der Waals surface area contributed by atoms with Gasteiger partial charge in [0.25, 0.3) is 5.91 Å². The Bertz CT molecular complexity index is 727. The van der Waals surface area contributed by atoms with Crippen LogP contribution in [-0.4, -0.2) is 29.8 Å². The largest absolute Gasteiger partial charge is 0.508 e. The Morgan fingerprint density at radius 1 is 1.18 bits per heavy atom. The second kappa shape index (κ2) is 5.60. The maximum Gasteiger partial charge on any atom is 0.262 e. The van der Waals surface area contributed by atoms with Gasteiger partial charge in [0.2, 0.25) is 0 Å². The van der Waals surface area contributed by atoms with Gasteiger partial charge in [-0.1, -0.05) is 0 Å². The Morgan fingerprint density at radius 3 is 2.73 bits per heavy atom. The first-order chi connectivity index (χ1) is 10.6. The molecular formula is C17H17NO4. The van der Waals surface area contributed by atoms with Gasteiger partial charge in [0.15, 0.2) is 0 Å². The smallest absolute Gasteiger partial charge is 0.262 e. The number of methoxy groups -OCH3 is 1. The highest BCUT2D eigenvalue weighted by Gasteiger charge is 2.25. The van der Waals surface area contributed by atoms with Crippen LogP contribution in [0.3, 0.4) is 0 Å². The predicted octanol–water partition coefficient (Wildman–Crippen LogP) is 2.70. The van der Waals surface area contributed by atoms with Crippen LogP contribution < -0.4 is 9.64 Å². The molecule has 0 unspecified atom stereocenters. The molecule has 0 saturated heterocycles. The van der Waals surface area contributed by atoms with Crippen molar-refractivity contribution in [2.45, 2.75) is 12.8 Å². The molecule has 0 aliphatic carbocycles. The van der Waals surface area contributed by atoms with Gasteiger partial charge in [0.05, 0.1) is 12.7 Å². The molecule has 2 N–H and O–H groups in total. The van der Waals surface area contributed by atoms with Crippen LogP contribution in [-0.2, 0) is 6.42 Å². The van der Waals surface area contributed by atoms with E-state index in [0.29, 0.717) is 6.54 Å². The third-order valence-corrected chi connectivity index (χ3v) is 3.86. The van der Waals surface area contributed by atoms with E-state index < -0.39 is 0 Å². The van der Waals surface area contributed by atoms with Gasteiger partial charge in [-0.2, -0.15) is 0 Å². The number of aromatic hydroxyl groups is 2. The first-order valence-electron chi connectivity index (χ1n) is 7.11. The first-order valence-corrected chi connectivity index (χ1v) is 7.11. The van der Waals surface area contributed by atoms with Crippen LogP contribution in [0.5, 0.6) is 17.2 Å². The van der Waals surface area contributed by atoms with Crippen LogP contribution in [0.1, 0.15) is 22.3 Å². The summed E-state index contributed by atoms with van der Waals surface area (Å²) in [5.74, 6) is 0.201. The first kappa shape index (κ1) is 14.3. The van der Waals surface area contributed by atoms with Gasteiger partial charge in [-0.25, -0.2) is 0 Å². The highest BCUT2D eigenvalue weighted by atomic mass is 16.5. The summed E-state index contributed by atoms with van der Waals surface area (Å²) in [6.45, 7) is 0.596. The van der Waals surface area contributed by atoms with Gasteiger partial charge in [-0.3, -0.25) is 4.79 Å². The Hall–Kier alpha value is -2.69. The molecule has 114 valence electrons. The second-order valence-electron chi connectivity index (χ2n) is 5.26. The highest BCUT2D eigenvalue weighted by molar-refractivity contribution is 6.08. The molecule has 1 heterocycles. The number of aryl methyl sites for hydroxylation is 1. The Kier molecular flexibility index (Phi) is 3.63. The average Bonchev–Trinajstić information content (AvgIpc) is 2.53. The van der Waals surface area contributed by atoms with Crippen molar-refractivity contribution >= 4 is 11.6 Å². The van der Waals surface area contributed by atoms with Crippen molar-refractivity contribution < 1.29 is 19.7 Å². The molecule has 22 heavy (non-hydrogen) atoms. The zero-order chi connectivity index (χ0) is 15.7. The standard InChI is InChI=1S/C17H17NO4/c1-22-13-5-7-15-11(9-13)3-2-8-18(15)17(21)14-6-4-12(19)10-16(14)20/h4-7,9-10,19-20H,2-3,8H2,1H3. The number of amides is 1. The fourth-order valence-electron chi connectivity index (χ4n) is 2.76. The maximum absolute atomic E-state index is 12.7. The lowest BCUT2D eigenvalue weighted by atomic mass is 10.00. The number of carbonyl (C=O) groups is 1. The van der Waals surface area contributed by atoms with Crippen molar-refractivity contribution in [3.05, 3.63) is 47.5 Å². The molecule has 1 aliphatic heterocycles. The SMILES string of the molecule is COc1ccc2c(c1)CCCN2C(=O)c1ccc(O)cc1O. The van der Waals surface area contributed by atoms with Gasteiger partial charge in [-0.05, 0) is 48.7 Å². The van der Waals surface area contributed by atoms with Crippen molar-refractivity contribution in [3.63, 3.8) is 0 Å². The molecule has 2 aromatic rings. The molecule has 0 saturated carbocycles. The lowest BCUT2D eigenvalue weighted by Crippen LogP contribution is -2.35. The average molecular weight is 299 g/mol. The van der Waals surface area contributed by atoms with Crippen LogP contribution in [0.15, 0.2) is 36.4 Å². The molecule has 5 nitrogen and oxygen atoms in total. The predicted molar refractivity (Wildman–Crippen MR) is 82.8 cm³/mol. The van der Waals surface area contributed by atoms with Crippen molar-refractivity contribution in [2.24, 2.45) is 0 Å². The summed E-state index contributed by atoms with van der Waals surface area (Å²) in [6.07, 6.45) is 1.74. The zero-order valence-electron chi connectivity index (χ0n) is 12.2. The molecule has 2 aromatic carbocycles. The lowest BCUT2D eigenvalue weighted by molar-refractivity contribution is 0.0982. The summed E-state index contributed by atoms with van der Waals surface area (Å²) >= 11 is 0. The summed E-state index contributed by atoms with van der Waals surface area (Å²) < 4.78 is 5.22. The summed E-state index contributed by atoms with van der Waals surface area (Å²) in [5, 5.41) is 19.2. The molecular weight excluding hydrogens is 282 g/mol. The fourth-order valence-corrected chi connectivity index (χ4v) is 2.76. The number of fused-ring (bicyclic) bond motifs is 1. The maximum atomic E-state index is 12.7. The molecule has 5 heteroatoms. The molecule has 0 radical (unpaired) electrons. The zero-order valence-corrected chi connectivity index (χ0v) is 12.2. The van der Waals surface area contributed by atoms with Crippen LogP contribution in [0, 0.1) is 0 Å². The number of hydrogen-bond donors (Lipinski definition) is 2.